The van der Waals surface area contributed by atoms with E-state index >= 15 is 0 Å². The van der Waals surface area contributed by atoms with Crippen LogP contribution in [0.4, 0.5) is 11.6 Å². The predicted molar refractivity (Wildman–Crippen MR) is 106 cm³/mol. The van der Waals surface area contributed by atoms with Crippen molar-refractivity contribution in [2.75, 3.05) is 16.8 Å². The maximum Gasteiger partial charge on any atom is 0.247 e. The van der Waals surface area contributed by atoms with Crippen LogP contribution in [0.5, 0.6) is 0 Å². The highest BCUT2D eigenvalue weighted by molar-refractivity contribution is 6.01. The van der Waals surface area contributed by atoms with E-state index < -0.39 is 5.60 Å². The van der Waals surface area contributed by atoms with E-state index in [1.165, 1.54) is 6.42 Å². The molecule has 0 bridgehead atoms. The van der Waals surface area contributed by atoms with E-state index in [2.05, 4.69) is 10.3 Å². The molecule has 1 aromatic carbocycles. The maximum atomic E-state index is 12.6. The molecule has 0 radical (unpaired) electrons. The zero-order chi connectivity index (χ0) is 19.0. The summed E-state index contributed by atoms with van der Waals surface area (Å²) in [5, 5.41) is 13.2. The SMILES string of the molecule is CC(C)(O)c1ccc(-c2cnc3c(n2)N(C2CCCCC2)C(=O)CN3)cc1. The summed E-state index contributed by atoms with van der Waals surface area (Å²) in [6.45, 7) is 3.80. The number of aromatic nitrogens is 2. The monoisotopic (exact) mass is 366 g/mol. The summed E-state index contributed by atoms with van der Waals surface area (Å²) in [6.07, 6.45) is 7.34. The van der Waals surface area contributed by atoms with Gasteiger partial charge in [-0.3, -0.25) is 9.69 Å². The van der Waals surface area contributed by atoms with E-state index in [0.717, 1.165) is 42.5 Å². The third-order valence-electron chi connectivity index (χ3n) is 5.48. The Morgan fingerprint density at radius 3 is 2.52 bits per heavy atom. The second-order valence-electron chi connectivity index (χ2n) is 7.97. The van der Waals surface area contributed by atoms with Gasteiger partial charge < -0.3 is 10.4 Å². The second kappa shape index (κ2) is 6.93. The van der Waals surface area contributed by atoms with Crippen LogP contribution in [-0.2, 0) is 10.4 Å². The smallest absolute Gasteiger partial charge is 0.247 e. The molecule has 1 fully saturated rings. The lowest BCUT2D eigenvalue weighted by Crippen LogP contribution is -2.48. The number of aliphatic hydroxyl groups is 1. The van der Waals surface area contributed by atoms with Crippen LogP contribution >= 0.6 is 0 Å². The standard InChI is InChI=1S/C21H26N4O2/c1-21(2,27)15-10-8-14(9-11-15)17-12-22-19-20(24-17)25(18(26)13-23-19)16-6-4-3-5-7-16/h8-12,16,27H,3-7,13H2,1-2H3,(H,22,23). The number of nitrogens with zero attached hydrogens (tertiary/aromatic N) is 3. The first-order valence-corrected chi connectivity index (χ1v) is 9.70. The van der Waals surface area contributed by atoms with Crippen LogP contribution in [0, 0.1) is 0 Å². The highest BCUT2D eigenvalue weighted by Gasteiger charge is 2.33. The Morgan fingerprint density at radius 2 is 1.85 bits per heavy atom. The molecule has 0 unspecified atom stereocenters. The number of carbonyl (C=O) groups excluding carboxylic acids is 1. The molecule has 2 aliphatic rings. The van der Waals surface area contributed by atoms with E-state index in [1.807, 2.05) is 29.2 Å². The fourth-order valence-electron chi connectivity index (χ4n) is 3.94. The predicted octanol–water partition coefficient (Wildman–Crippen LogP) is 3.46. The zero-order valence-electron chi connectivity index (χ0n) is 15.9. The molecule has 1 aliphatic heterocycles. The minimum Gasteiger partial charge on any atom is -0.386 e. The zero-order valence-corrected chi connectivity index (χ0v) is 15.9. The highest BCUT2D eigenvalue weighted by Crippen LogP contribution is 2.34. The largest absolute Gasteiger partial charge is 0.386 e. The fraction of sp³-hybridized carbons (Fsp3) is 0.476. The molecule has 142 valence electrons. The lowest BCUT2D eigenvalue weighted by atomic mass is 9.93. The van der Waals surface area contributed by atoms with Crippen molar-refractivity contribution in [2.45, 2.75) is 57.6 Å². The lowest BCUT2D eigenvalue weighted by Gasteiger charge is -2.37. The summed E-state index contributed by atoms with van der Waals surface area (Å²) in [5.74, 6) is 1.39. The van der Waals surface area contributed by atoms with E-state index in [1.54, 1.807) is 20.0 Å². The number of nitrogens with one attached hydrogen (secondary N) is 1. The Morgan fingerprint density at radius 1 is 1.15 bits per heavy atom. The van der Waals surface area contributed by atoms with Gasteiger partial charge in [0.05, 0.1) is 24.0 Å². The van der Waals surface area contributed by atoms with Crippen molar-refractivity contribution in [2.24, 2.45) is 0 Å². The van der Waals surface area contributed by atoms with Crippen molar-refractivity contribution in [3.05, 3.63) is 36.0 Å². The second-order valence-corrected chi connectivity index (χ2v) is 7.97. The Kier molecular flexibility index (Phi) is 4.60. The van der Waals surface area contributed by atoms with Gasteiger partial charge in [0, 0.05) is 11.6 Å². The molecule has 1 aromatic heterocycles. The van der Waals surface area contributed by atoms with Gasteiger partial charge in [-0.15, -0.1) is 0 Å². The van der Waals surface area contributed by atoms with Crippen molar-refractivity contribution < 1.29 is 9.90 Å². The summed E-state index contributed by atoms with van der Waals surface area (Å²) in [7, 11) is 0. The molecule has 6 nitrogen and oxygen atoms in total. The number of fused-ring (bicyclic) bond motifs is 1. The minimum atomic E-state index is -0.881. The summed E-state index contributed by atoms with van der Waals surface area (Å²) < 4.78 is 0. The maximum absolute atomic E-state index is 12.6. The average molecular weight is 366 g/mol. The third kappa shape index (κ3) is 3.54. The van der Waals surface area contributed by atoms with Gasteiger partial charge in [0.25, 0.3) is 0 Å². The molecule has 1 amide bonds. The molecule has 27 heavy (non-hydrogen) atoms. The van der Waals surface area contributed by atoms with Crippen LogP contribution in [0.1, 0.15) is 51.5 Å². The quantitative estimate of drug-likeness (QED) is 0.870. The summed E-state index contributed by atoms with van der Waals surface area (Å²) in [5.41, 5.74) is 1.61. The van der Waals surface area contributed by atoms with Gasteiger partial charge in [-0.25, -0.2) is 9.97 Å². The fourth-order valence-corrected chi connectivity index (χ4v) is 3.94. The van der Waals surface area contributed by atoms with Crippen LogP contribution in [0.25, 0.3) is 11.3 Å². The van der Waals surface area contributed by atoms with Gasteiger partial charge in [0.2, 0.25) is 5.91 Å². The van der Waals surface area contributed by atoms with Crippen molar-refractivity contribution in [1.82, 2.24) is 9.97 Å². The van der Waals surface area contributed by atoms with Gasteiger partial charge in [-0.1, -0.05) is 43.5 Å². The molecule has 2 heterocycles. The van der Waals surface area contributed by atoms with Gasteiger partial charge in [0.15, 0.2) is 11.6 Å². The van der Waals surface area contributed by atoms with Crippen LogP contribution < -0.4 is 10.2 Å². The number of anilines is 2. The van der Waals surface area contributed by atoms with Gasteiger partial charge >= 0.3 is 0 Å². The van der Waals surface area contributed by atoms with Gasteiger partial charge in [0.1, 0.15) is 0 Å². The Balaban J connectivity index is 1.69. The first-order chi connectivity index (χ1) is 12.9. The number of rotatable bonds is 3. The summed E-state index contributed by atoms with van der Waals surface area (Å²) in [6, 6.07) is 7.89. The van der Waals surface area contributed by atoms with Crippen molar-refractivity contribution in [1.29, 1.82) is 0 Å². The number of amides is 1. The Labute approximate surface area is 159 Å². The van der Waals surface area contributed by atoms with E-state index in [-0.39, 0.29) is 18.5 Å². The number of carbonyl (C=O) groups is 1. The molecule has 0 spiro atoms. The normalized spacial score (nSPS) is 18.2. The molecule has 2 N–H and O–H groups in total. The van der Waals surface area contributed by atoms with Crippen LogP contribution in [-0.4, -0.2) is 33.6 Å². The van der Waals surface area contributed by atoms with E-state index in [4.69, 9.17) is 4.98 Å². The highest BCUT2D eigenvalue weighted by atomic mass is 16.3. The minimum absolute atomic E-state index is 0.0678. The van der Waals surface area contributed by atoms with Crippen LogP contribution in [0.15, 0.2) is 30.5 Å². The molecule has 1 aliphatic carbocycles. The van der Waals surface area contributed by atoms with Gasteiger partial charge in [-0.2, -0.15) is 0 Å². The first kappa shape index (κ1) is 17.9. The van der Waals surface area contributed by atoms with Crippen LogP contribution in [0.2, 0.25) is 0 Å². The molecule has 0 atom stereocenters. The number of hydrogen-bond acceptors (Lipinski definition) is 5. The molecule has 6 heteroatoms. The average Bonchev–Trinajstić information content (AvgIpc) is 2.67. The van der Waals surface area contributed by atoms with E-state index in [0.29, 0.717) is 11.6 Å². The lowest BCUT2D eigenvalue weighted by molar-refractivity contribution is -0.117. The topological polar surface area (TPSA) is 78.4 Å². The Bertz CT molecular complexity index is 836. The van der Waals surface area contributed by atoms with E-state index in [9.17, 15) is 9.90 Å². The Hall–Kier alpha value is -2.47. The summed E-state index contributed by atoms with van der Waals surface area (Å²) >= 11 is 0. The summed E-state index contributed by atoms with van der Waals surface area (Å²) in [4.78, 5) is 23.8. The van der Waals surface area contributed by atoms with Crippen molar-refractivity contribution >= 4 is 17.5 Å². The number of hydrogen-bond donors (Lipinski definition) is 2. The first-order valence-electron chi connectivity index (χ1n) is 9.70. The van der Waals surface area contributed by atoms with Gasteiger partial charge in [-0.05, 0) is 32.3 Å². The van der Waals surface area contributed by atoms with Crippen LogP contribution in [0.3, 0.4) is 0 Å². The molecule has 0 saturated heterocycles. The molecule has 1 saturated carbocycles. The third-order valence-corrected chi connectivity index (χ3v) is 5.48. The van der Waals surface area contributed by atoms with Crippen molar-refractivity contribution in [3.8, 4) is 11.3 Å². The number of benzene rings is 1. The van der Waals surface area contributed by atoms with Crippen molar-refractivity contribution in [3.63, 3.8) is 0 Å². The molecular formula is C21H26N4O2. The molecule has 2 aromatic rings. The molecule has 4 rings (SSSR count). The molecular weight excluding hydrogens is 340 g/mol.